The van der Waals surface area contributed by atoms with Crippen molar-refractivity contribution in [2.45, 2.75) is 26.9 Å². The number of benzene rings is 1. The minimum atomic E-state index is -0.604. The van der Waals surface area contributed by atoms with Crippen LogP contribution < -0.4 is 10.6 Å². The number of urea groups is 1. The Morgan fingerprint density at radius 1 is 1.39 bits per heavy atom. The van der Waals surface area contributed by atoms with Crippen molar-refractivity contribution in [1.82, 2.24) is 15.1 Å². The van der Waals surface area contributed by atoms with Crippen LogP contribution in [0.3, 0.4) is 0 Å². The number of hydrogen-bond acceptors (Lipinski definition) is 3. The zero-order valence-corrected chi connectivity index (χ0v) is 13.4. The van der Waals surface area contributed by atoms with Gasteiger partial charge < -0.3 is 10.4 Å². The maximum Gasteiger partial charge on any atom is 0.320 e. The molecule has 1 heterocycles. The summed E-state index contributed by atoms with van der Waals surface area (Å²) < 4.78 is 14.8. The quantitative estimate of drug-likeness (QED) is 0.792. The molecular formula is C16H21FN4O2. The van der Waals surface area contributed by atoms with E-state index in [9.17, 15) is 14.3 Å². The molecule has 2 rings (SSSR count). The molecule has 1 unspecified atom stereocenters. The number of nitrogens with zero attached hydrogens (tertiary/aromatic N) is 2. The number of aliphatic hydroxyl groups excluding tert-OH is 1. The first kappa shape index (κ1) is 17.0. The van der Waals surface area contributed by atoms with E-state index in [1.165, 1.54) is 12.1 Å². The van der Waals surface area contributed by atoms with Crippen LogP contribution in [0, 0.1) is 18.7 Å². The molecule has 1 atom stereocenters. The molecule has 0 aliphatic carbocycles. The van der Waals surface area contributed by atoms with Crippen molar-refractivity contribution < 1.29 is 14.3 Å². The topological polar surface area (TPSA) is 79.2 Å². The summed E-state index contributed by atoms with van der Waals surface area (Å²) in [5.41, 5.74) is 1.33. The predicted octanol–water partition coefficient (Wildman–Crippen LogP) is 2.46. The molecule has 7 heteroatoms. The Labute approximate surface area is 134 Å². The van der Waals surface area contributed by atoms with Gasteiger partial charge in [-0.3, -0.25) is 5.32 Å². The fourth-order valence-corrected chi connectivity index (χ4v) is 2.00. The van der Waals surface area contributed by atoms with Gasteiger partial charge in [-0.05, 0) is 31.0 Å². The second-order valence-electron chi connectivity index (χ2n) is 5.71. The van der Waals surface area contributed by atoms with E-state index >= 15 is 0 Å². The number of aryl methyl sites for hydroxylation is 1. The van der Waals surface area contributed by atoms with Crippen LogP contribution >= 0.6 is 0 Å². The summed E-state index contributed by atoms with van der Waals surface area (Å²) in [7, 11) is 0. The molecule has 3 N–H and O–H groups in total. The Morgan fingerprint density at radius 3 is 2.78 bits per heavy atom. The van der Waals surface area contributed by atoms with E-state index in [0.717, 1.165) is 5.69 Å². The Balaban J connectivity index is 2.02. The number of aliphatic hydroxyl groups is 1. The number of rotatable bonds is 5. The van der Waals surface area contributed by atoms with Crippen molar-refractivity contribution >= 4 is 11.8 Å². The van der Waals surface area contributed by atoms with Crippen LogP contribution in [0.5, 0.6) is 0 Å². The number of amides is 2. The summed E-state index contributed by atoms with van der Waals surface area (Å²) in [6.07, 6.45) is -0.604. The maximum absolute atomic E-state index is 13.3. The molecule has 23 heavy (non-hydrogen) atoms. The lowest BCUT2D eigenvalue weighted by Gasteiger charge is -2.14. The van der Waals surface area contributed by atoms with E-state index < -0.39 is 12.1 Å². The van der Waals surface area contributed by atoms with E-state index in [-0.39, 0.29) is 18.3 Å². The van der Waals surface area contributed by atoms with E-state index in [2.05, 4.69) is 15.7 Å². The molecule has 0 saturated carbocycles. The first-order valence-electron chi connectivity index (χ1n) is 7.42. The third-order valence-corrected chi connectivity index (χ3v) is 3.42. The Hall–Kier alpha value is -2.41. The van der Waals surface area contributed by atoms with Gasteiger partial charge in [0.15, 0.2) is 5.82 Å². The second-order valence-corrected chi connectivity index (χ2v) is 5.71. The molecule has 1 aromatic carbocycles. The lowest BCUT2D eigenvalue weighted by molar-refractivity contribution is 0.126. The van der Waals surface area contributed by atoms with E-state index in [4.69, 9.17) is 0 Å². The van der Waals surface area contributed by atoms with Crippen molar-refractivity contribution in [3.05, 3.63) is 41.8 Å². The predicted molar refractivity (Wildman–Crippen MR) is 86.1 cm³/mol. The number of nitrogens with one attached hydrogen (secondary N) is 2. The molecule has 6 nitrogen and oxygen atoms in total. The van der Waals surface area contributed by atoms with Crippen LogP contribution in [-0.4, -0.2) is 33.6 Å². The normalized spacial score (nSPS) is 12.3. The van der Waals surface area contributed by atoms with Gasteiger partial charge in [-0.2, -0.15) is 0 Å². The Bertz CT molecular complexity index is 684. The highest BCUT2D eigenvalue weighted by Crippen LogP contribution is 2.15. The van der Waals surface area contributed by atoms with Gasteiger partial charge in [0.2, 0.25) is 0 Å². The molecule has 0 bridgehead atoms. The van der Waals surface area contributed by atoms with Gasteiger partial charge in [-0.1, -0.05) is 19.9 Å². The van der Waals surface area contributed by atoms with Crippen LogP contribution in [0.15, 0.2) is 30.3 Å². The third-order valence-electron chi connectivity index (χ3n) is 3.42. The SMILES string of the molecule is Cc1cc(NC(=O)NCC(O)C(C)C)nn1-c1cccc(F)c1. The summed E-state index contributed by atoms with van der Waals surface area (Å²) in [5.74, 6) is 0.0559. The molecule has 0 fully saturated rings. The minimum Gasteiger partial charge on any atom is -0.391 e. The van der Waals surface area contributed by atoms with Crippen LogP contribution in [0.4, 0.5) is 15.0 Å². The zero-order chi connectivity index (χ0) is 17.0. The molecule has 0 aliphatic heterocycles. The molecule has 0 saturated heterocycles. The summed E-state index contributed by atoms with van der Waals surface area (Å²) in [5, 5.41) is 19.1. The summed E-state index contributed by atoms with van der Waals surface area (Å²) in [6, 6.07) is 7.28. The van der Waals surface area contributed by atoms with Crippen LogP contribution in [0.1, 0.15) is 19.5 Å². The molecule has 0 radical (unpaired) electrons. The van der Waals surface area contributed by atoms with Crippen molar-refractivity contribution in [3.63, 3.8) is 0 Å². The zero-order valence-electron chi connectivity index (χ0n) is 13.4. The maximum atomic E-state index is 13.3. The second kappa shape index (κ2) is 7.23. The minimum absolute atomic E-state index is 0.0599. The molecule has 0 spiro atoms. The van der Waals surface area contributed by atoms with Crippen LogP contribution in [-0.2, 0) is 0 Å². The number of carbonyl (C=O) groups excluding carboxylic acids is 1. The number of halogens is 1. The average molecular weight is 320 g/mol. The lowest BCUT2D eigenvalue weighted by Crippen LogP contribution is -2.37. The van der Waals surface area contributed by atoms with Crippen molar-refractivity contribution in [2.75, 3.05) is 11.9 Å². The first-order chi connectivity index (χ1) is 10.9. The smallest absolute Gasteiger partial charge is 0.320 e. The third kappa shape index (κ3) is 4.53. The summed E-state index contributed by atoms with van der Waals surface area (Å²) >= 11 is 0. The van der Waals surface area contributed by atoms with Crippen molar-refractivity contribution in [1.29, 1.82) is 0 Å². The van der Waals surface area contributed by atoms with Gasteiger partial charge in [0.1, 0.15) is 5.82 Å². The van der Waals surface area contributed by atoms with Gasteiger partial charge in [0, 0.05) is 18.3 Å². The molecule has 2 aromatic rings. The van der Waals surface area contributed by atoms with Gasteiger partial charge in [0.05, 0.1) is 11.8 Å². The van der Waals surface area contributed by atoms with E-state index in [1.807, 2.05) is 20.8 Å². The fraction of sp³-hybridized carbons (Fsp3) is 0.375. The number of hydrogen-bond donors (Lipinski definition) is 3. The molecule has 2 amide bonds. The lowest BCUT2D eigenvalue weighted by atomic mass is 10.1. The Morgan fingerprint density at radius 2 is 2.13 bits per heavy atom. The number of carbonyl (C=O) groups is 1. The monoisotopic (exact) mass is 320 g/mol. The van der Waals surface area contributed by atoms with Crippen molar-refractivity contribution in [3.8, 4) is 5.69 Å². The molecule has 124 valence electrons. The first-order valence-corrected chi connectivity index (χ1v) is 7.42. The van der Waals surface area contributed by atoms with Gasteiger partial charge >= 0.3 is 6.03 Å². The molecule has 0 aliphatic rings. The van der Waals surface area contributed by atoms with Gasteiger partial charge in [0.25, 0.3) is 0 Å². The molecular weight excluding hydrogens is 299 g/mol. The standard InChI is InChI=1S/C16H21FN4O2/c1-10(2)14(22)9-18-16(23)19-15-7-11(3)21(20-15)13-6-4-5-12(17)8-13/h4-8,10,14,22H,9H2,1-3H3,(H2,18,19,20,23). The van der Waals surface area contributed by atoms with Crippen LogP contribution in [0.2, 0.25) is 0 Å². The highest BCUT2D eigenvalue weighted by Gasteiger charge is 2.12. The van der Waals surface area contributed by atoms with Crippen LogP contribution in [0.25, 0.3) is 5.69 Å². The fourth-order valence-electron chi connectivity index (χ4n) is 2.00. The largest absolute Gasteiger partial charge is 0.391 e. The van der Waals surface area contributed by atoms with Crippen molar-refractivity contribution in [2.24, 2.45) is 5.92 Å². The van der Waals surface area contributed by atoms with Gasteiger partial charge in [-0.25, -0.2) is 13.9 Å². The summed E-state index contributed by atoms with van der Waals surface area (Å²) in [6.45, 7) is 5.71. The average Bonchev–Trinajstić information content (AvgIpc) is 2.85. The number of anilines is 1. The Kier molecular flexibility index (Phi) is 5.33. The van der Waals surface area contributed by atoms with Gasteiger partial charge in [-0.15, -0.1) is 5.10 Å². The van der Waals surface area contributed by atoms with E-state index in [1.54, 1.807) is 22.9 Å². The number of aromatic nitrogens is 2. The molecule has 1 aromatic heterocycles. The highest BCUT2D eigenvalue weighted by molar-refractivity contribution is 5.88. The highest BCUT2D eigenvalue weighted by atomic mass is 19.1. The summed E-state index contributed by atoms with van der Waals surface area (Å²) in [4.78, 5) is 11.8. The van der Waals surface area contributed by atoms with E-state index in [0.29, 0.717) is 11.5 Å².